The van der Waals surface area contributed by atoms with Crippen molar-refractivity contribution in [2.75, 3.05) is 6.61 Å². The molecule has 1 atom stereocenters. The fraction of sp³-hybridized carbons (Fsp3) is 0.400. The van der Waals surface area contributed by atoms with E-state index in [1.54, 1.807) is 0 Å². The number of rotatable bonds is 2. The van der Waals surface area contributed by atoms with Crippen LogP contribution >= 0.6 is 0 Å². The zero-order valence-electron chi connectivity index (χ0n) is 5.29. The van der Waals surface area contributed by atoms with Crippen molar-refractivity contribution in [3.63, 3.8) is 0 Å². The minimum absolute atomic E-state index is 0.173. The van der Waals surface area contributed by atoms with Crippen LogP contribution in [0.1, 0.15) is 11.7 Å². The Hall–Kier alpha value is -1.07. The van der Waals surface area contributed by atoms with Gasteiger partial charge < -0.3 is 15.9 Å². The SMILES string of the molecule is NC(CO)c1cc(=O)[nH][nH]1. The van der Waals surface area contributed by atoms with Crippen molar-refractivity contribution in [1.29, 1.82) is 0 Å². The molecule has 1 rings (SSSR count). The van der Waals surface area contributed by atoms with Gasteiger partial charge in [0, 0.05) is 6.07 Å². The minimum atomic E-state index is -0.501. The molecule has 0 amide bonds. The summed E-state index contributed by atoms with van der Waals surface area (Å²) < 4.78 is 0. The first-order valence-electron chi connectivity index (χ1n) is 2.88. The van der Waals surface area contributed by atoms with Crippen molar-refractivity contribution in [2.24, 2.45) is 5.73 Å². The second-order valence-electron chi connectivity index (χ2n) is 2.00. The third kappa shape index (κ3) is 1.26. The molecule has 5 heteroatoms. The molecular formula is C5H9N3O2. The molecule has 5 nitrogen and oxygen atoms in total. The van der Waals surface area contributed by atoms with Gasteiger partial charge in [0.15, 0.2) is 0 Å². The molecule has 1 aromatic rings. The maximum absolute atomic E-state index is 10.5. The lowest BCUT2D eigenvalue weighted by Gasteiger charge is -2.01. The average molecular weight is 143 g/mol. The van der Waals surface area contributed by atoms with E-state index in [0.29, 0.717) is 5.69 Å². The van der Waals surface area contributed by atoms with Gasteiger partial charge in [-0.3, -0.25) is 9.89 Å². The van der Waals surface area contributed by atoms with Gasteiger partial charge in [-0.1, -0.05) is 0 Å². The molecule has 1 aromatic heterocycles. The molecule has 1 unspecified atom stereocenters. The summed E-state index contributed by atoms with van der Waals surface area (Å²) in [5.41, 5.74) is 5.65. The Morgan fingerprint density at radius 2 is 2.40 bits per heavy atom. The predicted octanol–water partition coefficient (Wildman–Crippen LogP) is -1.30. The second-order valence-corrected chi connectivity index (χ2v) is 2.00. The summed E-state index contributed by atoms with van der Waals surface area (Å²) >= 11 is 0. The number of aliphatic hydroxyl groups excluding tert-OH is 1. The molecule has 0 saturated heterocycles. The summed E-state index contributed by atoms with van der Waals surface area (Å²) in [4.78, 5) is 10.5. The van der Waals surface area contributed by atoms with Crippen LogP contribution in [0.3, 0.4) is 0 Å². The zero-order chi connectivity index (χ0) is 7.56. The number of H-pyrrole nitrogens is 2. The first-order chi connectivity index (χ1) is 4.74. The molecule has 0 fully saturated rings. The van der Waals surface area contributed by atoms with E-state index in [1.807, 2.05) is 0 Å². The standard InChI is InChI=1S/C5H9N3O2/c6-3(2-9)4-1-5(10)8-7-4/h1,3,9H,2,6H2,(H2,7,8,10). The lowest BCUT2D eigenvalue weighted by atomic mass is 10.2. The predicted molar refractivity (Wildman–Crippen MR) is 35.4 cm³/mol. The number of hydrogen-bond donors (Lipinski definition) is 4. The molecule has 1 heterocycles. The molecule has 0 bridgehead atoms. The van der Waals surface area contributed by atoms with Crippen LogP contribution in [-0.4, -0.2) is 21.9 Å². The van der Waals surface area contributed by atoms with Gasteiger partial charge in [0.25, 0.3) is 5.56 Å². The summed E-state index contributed by atoms with van der Waals surface area (Å²) in [6.07, 6.45) is 0. The smallest absolute Gasteiger partial charge is 0.264 e. The van der Waals surface area contributed by atoms with Crippen LogP contribution in [0, 0.1) is 0 Å². The van der Waals surface area contributed by atoms with Crippen LogP contribution < -0.4 is 11.3 Å². The van der Waals surface area contributed by atoms with E-state index in [2.05, 4.69) is 10.2 Å². The van der Waals surface area contributed by atoms with Crippen LogP contribution in [0.4, 0.5) is 0 Å². The van der Waals surface area contributed by atoms with Gasteiger partial charge in [-0.05, 0) is 0 Å². The maximum atomic E-state index is 10.5. The summed E-state index contributed by atoms with van der Waals surface area (Å²) in [5.74, 6) is 0. The van der Waals surface area contributed by atoms with Crippen molar-refractivity contribution < 1.29 is 5.11 Å². The Kier molecular flexibility index (Phi) is 1.88. The minimum Gasteiger partial charge on any atom is -0.394 e. The van der Waals surface area contributed by atoms with Crippen molar-refractivity contribution >= 4 is 0 Å². The zero-order valence-corrected chi connectivity index (χ0v) is 5.29. The van der Waals surface area contributed by atoms with Crippen molar-refractivity contribution in [3.8, 4) is 0 Å². The average Bonchev–Trinajstić information content (AvgIpc) is 2.34. The van der Waals surface area contributed by atoms with E-state index in [9.17, 15) is 4.79 Å². The van der Waals surface area contributed by atoms with Gasteiger partial charge >= 0.3 is 0 Å². The summed E-state index contributed by atoms with van der Waals surface area (Å²) in [5, 5.41) is 13.4. The second kappa shape index (κ2) is 2.68. The first-order valence-corrected chi connectivity index (χ1v) is 2.88. The maximum Gasteiger partial charge on any atom is 0.264 e. The molecular weight excluding hydrogens is 134 g/mol. The van der Waals surface area contributed by atoms with Gasteiger partial charge in [-0.25, -0.2) is 0 Å². The van der Waals surface area contributed by atoms with E-state index in [0.717, 1.165) is 0 Å². The Morgan fingerprint density at radius 1 is 1.70 bits per heavy atom. The highest BCUT2D eigenvalue weighted by Gasteiger charge is 2.04. The highest BCUT2D eigenvalue weighted by molar-refractivity contribution is 5.03. The fourth-order valence-corrected chi connectivity index (χ4v) is 0.645. The van der Waals surface area contributed by atoms with Crippen LogP contribution in [0.15, 0.2) is 10.9 Å². The Balaban J connectivity index is 2.84. The Labute approximate surface area is 56.9 Å². The van der Waals surface area contributed by atoms with Crippen LogP contribution in [0.25, 0.3) is 0 Å². The van der Waals surface area contributed by atoms with Crippen molar-refractivity contribution in [3.05, 3.63) is 22.1 Å². The number of aliphatic hydroxyl groups is 1. The lowest BCUT2D eigenvalue weighted by molar-refractivity contribution is 0.266. The van der Waals surface area contributed by atoms with Gasteiger partial charge in [-0.2, -0.15) is 0 Å². The van der Waals surface area contributed by atoms with Crippen molar-refractivity contribution in [1.82, 2.24) is 10.2 Å². The van der Waals surface area contributed by atoms with E-state index in [-0.39, 0.29) is 12.2 Å². The lowest BCUT2D eigenvalue weighted by Crippen LogP contribution is -2.14. The van der Waals surface area contributed by atoms with Gasteiger partial charge in [-0.15, -0.1) is 0 Å². The Bertz CT molecular complexity index is 251. The van der Waals surface area contributed by atoms with Gasteiger partial charge in [0.05, 0.1) is 18.3 Å². The molecule has 0 spiro atoms. The summed E-state index contributed by atoms with van der Waals surface area (Å²) in [6.45, 7) is -0.173. The van der Waals surface area contributed by atoms with Gasteiger partial charge in [0.1, 0.15) is 0 Å². The first kappa shape index (κ1) is 7.04. The fourth-order valence-electron chi connectivity index (χ4n) is 0.645. The third-order valence-corrected chi connectivity index (χ3v) is 1.21. The summed E-state index contributed by atoms with van der Waals surface area (Å²) in [6, 6.07) is 0.819. The molecule has 56 valence electrons. The number of hydrogen-bond acceptors (Lipinski definition) is 3. The van der Waals surface area contributed by atoms with Crippen LogP contribution in [0.5, 0.6) is 0 Å². The molecule has 0 aliphatic rings. The highest BCUT2D eigenvalue weighted by atomic mass is 16.3. The normalized spacial score (nSPS) is 13.4. The number of aromatic nitrogens is 2. The van der Waals surface area contributed by atoms with Gasteiger partial charge in [0.2, 0.25) is 0 Å². The van der Waals surface area contributed by atoms with E-state index in [1.165, 1.54) is 6.07 Å². The van der Waals surface area contributed by atoms with Crippen molar-refractivity contribution in [2.45, 2.75) is 6.04 Å². The Morgan fingerprint density at radius 3 is 2.80 bits per heavy atom. The quantitative estimate of drug-likeness (QED) is 0.414. The molecule has 0 aliphatic carbocycles. The molecule has 0 aromatic carbocycles. The topological polar surface area (TPSA) is 94.9 Å². The molecule has 10 heavy (non-hydrogen) atoms. The monoisotopic (exact) mass is 143 g/mol. The summed E-state index contributed by atoms with van der Waals surface area (Å²) in [7, 11) is 0. The number of nitrogens with two attached hydrogens (primary N) is 1. The number of nitrogens with one attached hydrogen (secondary N) is 2. The largest absolute Gasteiger partial charge is 0.394 e. The van der Waals surface area contributed by atoms with E-state index >= 15 is 0 Å². The third-order valence-electron chi connectivity index (χ3n) is 1.21. The molecule has 0 aliphatic heterocycles. The van der Waals surface area contributed by atoms with Crippen LogP contribution in [-0.2, 0) is 0 Å². The van der Waals surface area contributed by atoms with E-state index in [4.69, 9.17) is 10.8 Å². The highest BCUT2D eigenvalue weighted by Crippen LogP contribution is 1.99. The molecule has 0 radical (unpaired) electrons. The van der Waals surface area contributed by atoms with E-state index < -0.39 is 6.04 Å². The molecule has 5 N–H and O–H groups in total. The van der Waals surface area contributed by atoms with Crippen LogP contribution in [0.2, 0.25) is 0 Å². The molecule has 0 saturated carbocycles. The number of aromatic amines is 2.